The van der Waals surface area contributed by atoms with E-state index in [1.165, 1.54) is 11.0 Å². The van der Waals surface area contributed by atoms with Gasteiger partial charge in [-0.3, -0.25) is 4.79 Å². The van der Waals surface area contributed by atoms with E-state index in [1.54, 1.807) is 14.0 Å². The van der Waals surface area contributed by atoms with Crippen molar-refractivity contribution in [3.05, 3.63) is 59.2 Å². The Morgan fingerprint density at radius 1 is 1.23 bits per heavy atom. The van der Waals surface area contributed by atoms with Crippen LogP contribution in [0.3, 0.4) is 0 Å². The van der Waals surface area contributed by atoms with Crippen molar-refractivity contribution in [2.24, 2.45) is 5.41 Å². The average molecular weight is 536 g/mol. The average Bonchev–Trinajstić information content (AvgIpc) is 3.27. The zero-order chi connectivity index (χ0) is 28.3. The number of hydrogen-bond acceptors (Lipinski definition) is 8. The molecule has 2 aromatic rings. The lowest BCUT2D eigenvalue weighted by atomic mass is 9.72. The van der Waals surface area contributed by atoms with Gasteiger partial charge in [-0.25, -0.2) is 0 Å². The summed E-state index contributed by atoms with van der Waals surface area (Å²) in [5, 5.41) is 38.8. The van der Waals surface area contributed by atoms with Crippen molar-refractivity contribution in [3.8, 4) is 17.6 Å². The molecule has 0 radical (unpaired) electrons. The zero-order valence-electron chi connectivity index (χ0n) is 22.9. The van der Waals surface area contributed by atoms with E-state index < -0.39 is 30.1 Å². The number of benzene rings is 2. The Kier molecular flexibility index (Phi) is 8.50. The van der Waals surface area contributed by atoms with Gasteiger partial charge in [-0.05, 0) is 49.2 Å². The molecule has 0 bridgehead atoms. The van der Waals surface area contributed by atoms with Gasteiger partial charge in [0.2, 0.25) is 0 Å². The van der Waals surface area contributed by atoms with Gasteiger partial charge in [0.1, 0.15) is 6.10 Å². The number of nitriles is 1. The van der Waals surface area contributed by atoms with Crippen LogP contribution in [0.1, 0.15) is 36.5 Å². The van der Waals surface area contributed by atoms with Crippen LogP contribution in [-0.4, -0.2) is 84.3 Å². The second-order valence-corrected chi connectivity index (χ2v) is 10.7. The molecule has 39 heavy (non-hydrogen) atoms. The van der Waals surface area contributed by atoms with Crippen molar-refractivity contribution in [2.75, 3.05) is 44.8 Å². The third-order valence-electron chi connectivity index (χ3n) is 8.15. The number of ether oxygens (including phenoxy) is 2. The quantitative estimate of drug-likeness (QED) is 0.418. The van der Waals surface area contributed by atoms with Crippen molar-refractivity contribution in [1.29, 1.82) is 5.26 Å². The van der Waals surface area contributed by atoms with Crippen LogP contribution >= 0.6 is 0 Å². The Labute approximate surface area is 229 Å². The first-order valence-corrected chi connectivity index (χ1v) is 13.1. The van der Waals surface area contributed by atoms with Crippen molar-refractivity contribution < 1.29 is 29.6 Å². The van der Waals surface area contributed by atoms with Crippen molar-refractivity contribution in [1.82, 2.24) is 4.90 Å². The summed E-state index contributed by atoms with van der Waals surface area (Å²) in [5.41, 5.74) is 3.38. The maximum absolute atomic E-state index is 12.6. The SMILES string of the molecule is COc1ccc([C@@H]2CN(C(=O)C(O)CO)C[C@@]2(C)C(C)O)cc1OC1CN(c2cccc(C)c2C=CC#N)C1. The molecular formula is C30H37N3O6. The van der Waals surface area contributed by atoms with E-state index >= 15 is 0 Å². The summed E-state index contributed by atoms with van der Waals surface area (Å²) in [6, 6.07) is 13.8. The number of aryl methyl sites for hydroxylation is 1. The Bertz CT molecular complexity index is 1270. The van der Waals surface area contributed by atoms with Crippen LogP contribution in [0.15, 0.2) is 42.5 Å². The molecule has 2 saturated heterocycles. The number of hydrogen-bond donors (Lipinski definition) is 3. The van der Waals surface area contributed by atoms with Gasteiger partial charge in [-0.1, -0.05) is 25.1 Å². The molecule has 0 saturated carbocycles. The summed E-state index contributed by atoms with van der Waals surface area (Å²) in [7, 11) is 1.58. The number of carbonyl (C=O) groups is 1. The largest absolute Gasteiger partial charge is 0.493 e. The normalized spacial score (nSPS) is 22.9. The lowest BCUT2D eigenvalue weighted by Crippen LogP contribution is -2.54. The van der Waals surface area contributed by atoms with Crippen LogP contribution in [0, 0.1) is 23.7 Å². The van der Waals surface area contributed by atoms with E-state index in [2.05, 4.69) is 11.0 Å². The summed E-state index contributed by atoms with van der Waals surface area (Å²) in [6.45, 7) is 6.89. The van der Waals surface area contributed by atoms with Gasteiger partial charge in [0.15, 0.2) is 17.6 Å². The molecule has 9 heteroatoms. The number of amides is 1. The Hall–Kier alpha value is -3.58. The van der Waals surface area contributed by atoms with Crippen LogP contribution in [0.25, 0.3) is 6.08 Å². The molecule has 2 aromatic carbocycles. The lowest BCUT2D eigenvalue weighted by molar-refractivity contribution is -0.141. The first kappa shape index (κ1) is 28.4. The Morgan fingerprint density at radius 2 is 1.97 bits per heavy atom. The van der Waals surface area contributed by atoms with Crippen molar-refractivity contribution in [3.63, 3.8) is 0 Å². The van der Waals surface area contributed by atoms with Crippen LogP contribution < -0.4 is 14.4 Å². The molecule has 2 aliphatic heterocycles. The Balaban J connectivity index is 1.54. The number of aliphatic hydroxyl groups excluding tert-OH is 3. The summed E-state index contributed by atoms with van der Waals surface area (Å²) < 4.78 is 12.0. The first-order chi connectivity index (χ1) is 18.6. The molecule has 3 N–H and O–H groups in total. The fraction of sp³-hybridized carbons (Fsp3) is 0.467. The van der Waals surface area contributed by atoms with Crippen LogP contribution in [0.5, 0.6) is 11.5 Å². The predicted molar refractivity (Wildman–Crippen MR) is 148 cm³/mol. The van der Waals surface area contributed by atoms with Gasteiger partial charge in [0, 0.05) is 41.7 Å². The predicted octanol–water partition coefficient (Wildman–Crippen LogP) is 2.47. The highest BCUT2D eigenvalue weighted by Gasteiger charge is 2.49. The number of aliphatic hydroxyl groups is 3. The number of carbonyl (C=O) groups excluding carboxylic acids is 1. The highest BCUT2D eigenvalue weighted by Crippen LogP contribution is 2.47. The second-order valence-electron chi connectivity index (χ2n) is 10.7. The molecule has 0 aromatic heterocycles. The molecule has 1 amide bonds. The minimum Gasteiger partial charge on any atom is -0.493 e. The number of methoxy groups -OCH3 is 1. The fourth-order valence-corrected chi connectivity index (χ4v) is 5.55. The summed E-state index contributed by atoms with van der Waals surface area (Å²) >= 11 is 0. The highest BCUT2D eigenvalue weighted by atomic mass is 16.5. The summed E-state index contributed by atoms with van der Waals surface area (Å²) in [4.78, 5) is 16.4. The zero-order valence-corrected chi connectivity index (χ0v) is 22.9. The maximum atomic E-state index is 12.6. The summed E-state index contributed by atoms with van der Waals surface area (Å²) in [6.07, 6.45) is 1.03. The third-order valence-corrected chi connectivity index (χ3v) is 8.15. The van der Waals surface area contributed by atoms with Gasteiger partial charge in [0.05, 0.1) is 39.0 Å². The van der Waals surface area contributed by atoms with Crippen LogP contribution in [-0.2, 0) is 4.79 Å². The smallest absolute Gasteiger partial charge is 0.253 e. The van der Waals surface area contributed by atoms with Gasteiger partial charge < -0.3 is 34.6 Å². The summed E-state index contributed by atoms with van der Waals surface area (Å²) in [5.74, 6) is 0.402. The fourth-order valence-electron chi connectivity index (χ4n) is 5.55. The standard InChI is InChI=1S/C30H37N3O6/c1-19-7-5-9-25(23(19)8-6-12-31)32-14-22(15-32)39-28-13-21(10-11-27(28)38-4)24-16-33(29(37)26(36)17-34)18-30(24,3)20(2)35/h5-11,13,20,22,24,26,34-36H,14-18H2,1-4H3/t20?,24-,26?,30-/m0/s1. The minimum atomic E-state index is -1.48. The number of allylic oxidation sites excluding steroid dienone is 1. The molecule has 9 nitrogen and oxygen atoms in total. The molecule has 0 aliphatic carbocycles. The van der Waals surface area contributed by atoms with Crippen molar-refractivity contribution in [2.45, 2.75) is 45.0 Å². The molecule has 2 unspecified atom stereocenters. The van der Waals surface area contributed by atoms with Crippen LogP contribution in [0.4, 0.5) is 5.69 Å². The molecule has 4 atom stereocenters. The second kappa shape index (κ2) is 11.7. The molecular weight excluding hydrogens is 498 g/mol. The number of rotatable bonds is 9. The minimum absolute atomic E-state index is 0.0769. The number of likely N-dealkylation sites (tertiary alicyclic amines) is 1. The Morgan fingerprint density at radius 3 is 2.62 bits per heavy atom. The van der Waals surface area contributed by atoms with E-state index in [0.717, 1.165) is 22.4 Å². The maximum Gasteiger partial charge on any atom is 0.253 e. The van der Waals surface area contributed by atoms with E-state index in [-0.39, 0.29) is 18.6 Å². The molecule has 2 heterocycles. The topological polar surface area (TPSA) is 126 Å². The number of nitrogens with zero attached hydrogens (tertiary/aromatic N) is 3. The van der Waals surface area contributed by atoms with E-state index in [1.807, 2.05) is 56.3 Å². The molecule has 0 spiro atoms. The van der Waals surface area contributed by atoms with E-state index in [4.69, 9.17) is 14.7 Å². The molecule has 4 rings (SSSR count). The van der Waals surface area contributed by atoms with Crippen LogP contribution in [0.2, 0.25) is 0 Å². The lowest BCUT2D eigenvalue weighted by Gasteiger charge is -2.42. The molecule has 208 valence electrons. The molecule has 2 aliphatic rings. The molecule has 2 fully saturated rings. The van der Waals surface area contributed by atoms with Gasteiger partial charge in [-0.2, -0.15) is 5.26 Å². The monoisotopic (exact) mass is 535 g/mol. The van der Waals surface area contributed by atoms with Gasteiger partial charge >= 0.3 is 0 Å². The van der Waals surface area contributed by atoms with E-state index in [0.29, 0.717) is 31.1 Å². The third kappa shape index (κ3) is 5.59. The van der Waals surface area contributed by atoms with E-state index in [9.17, 15) is 20.1 Å². The number of anilines is 1. The van der Waals surface area contributed by atoms with Crippen molar-refractivity contribution >= 4 is 17.7 Å². The highest BCUT2D eigenvalue weighted by molar-refractivity contribution is 5.81. The van der Waals surface area contributed by atoms with Gasteiger partial charge in [0.25, 0.3) is 5.91 Å². The van der Waals surface area contributed by atoms with Gasteiger partial charge in [-0.15, -0.1) is 0 Å². The first-order valence-electron chi connectivity index (χ1n) is 13.1.